The summed E-state index contributed by atoms with van der Waals surface area (Å²) >= 11 is 0. The van der Waals surface area contributed by atoms with E-state index >= 15 is 0 Å². The van der Waals surface area contributed by atoms with Crippen LogP contribution in [0.2, 0.25) is 0 Å². The Bertz CT molecular complexity index is 1050. The first kappa shape index (κ1) is 21.9. The van der Waals surface area contributed by atoms with Gasteiger partial charge in [-0.1, -0.05) is 55.3 Å². The maximum atomic E-state index is 14.5. The predicted molar refractivity (Wildman–Crippen MR) is 111 cm³/mol. The molecule has 2 aliphatic rings. The number of hydrogen-bond acceptors (Lipinski definition) is 4. The third kappa shape index (κ3) is 3.61. The molecule has 1 saturated carbocycles. The van der Waals surface area contributed by atoms with E-state index in [4.69, 9.17) is 4.74 Å². The van der Waals surface area contributed by atoms with Crippen molar-refractivity contribution in [2.45, 2.75) is 43.6 Å². The molecule has 0 radical (unpaired) electrons. The molecule has 1 fully saturated rings. The Labute approximate surface area is 183 Å². The highest BCUT2D eigenvalue weighted by molar-refractivity contribution is 6.17. The van der Waals surface area contributed by atoms with E-state index in [-0.39, 0.29) is 17.1 Å². The zero-order chi connectivity index (χ0) is 22.9. The van der Waals surface area contributed by atoms with Gasteiger partial charge >= 0.3 is 11.8 Å². The number of nitrogens with zero attached hydrogens (tertiary/aromatic N) is 2. The van der Waals surface area contributed by atoms with E-state index in [1.807, 2.05) is 5.32 Å². The first-order chi connectivity index (χ1) is 15.3. The molecule has 1 N–H and O–H groups in total. The lowest BCUT2D eigenvalue weighted by atomic mass is 10.1. The molecule has 0 spiro atoms. The number of carbonyl (C=O) groups excluding carboxylic acids is 2. The number of amides is 2. The highest BCUT2D eigenvalue weighted by Gasteiger charge is 2.68. The van der Waals surface area contributed by atoms with E-state index in [0.717, 1.165) is 17.7 Å². The van der Waals surface area contributed by atoms with Crippen LogP contribution in [0.4, 0.5) is 13.2 Å². The number of para-hydroxylation sites is 1. The Morgan fingerprint density at radius 1 is 1.09 bits per heavy atom. The smallest absolute Gasteiger partial charge is 0.442 e. The third-order valence-corrected chi connectivity index (χ3v) is 5.81. The normalized spacial score (nSPS) is 21.6. The summed E-state index contributed by atoms with van der Waals surface area (Å²) in [7, 11) is 1.31. The molecule has 2 aromatic carbocycles. The highest BCUT2D eigenvalue weighted by atomic mass is 19.4. The Kier molecular flexibility index (Phi) is 5.66. The highest BCUT2D eigenvalue weighted by Crippen LogP contribution is 2.41. The number of halogens is 3. The molecule has 1 aliphatic heterocycles. The second-order valence-corrected chi connectivity index (χ2v) is 7.78. The Balaban J connectivity index is 1.82. The van der Waals surface area contributed by atoms with Gasteiger partial charge in [0, 0.05) is 11.6 Å². The minimum Gasteiger partial charge on any atom is -0.496 e. The lowest BCUT2D eigenvalue weighted by Crippen LogP contribution is -2.64. The number of rotatable bonds is 5. The molecular formula is C23H22F3N3O3. The fourth-order valence-corrected chi connectivity index (χ4v) is 4.22. The number of carbonyl (C=O) groups is 2. The number of aliphatic imine (C=N–C) groups is 1. The van der Waals surface area contributed by atoms with Crippen LogP contribution in [0.3, 0.4) is 0 Å². The van der Waals surface area contributed by atoms with Crippen LogP contribution in [0.1, 0.15) is 41.6 Å². The largest absolute Gasteiger partial charge is 0.496 e. The lowest BCUT2D eigenvalue weighted by molar-refractivity contribution is -0.196. The molecule has 1 atom stereocenters. The van der Waals surface area contributed by atoms with Crippen LogP contribution in [0.15, 0.2) is 59.6 Å². The number of methoxy groups -OCH3 is 1. The molecule has 2 aromatic rings. The molecule has 1 aliphatic carbocycles. The van der Waals surface area contributed by atoms with E-state index in [2.05, 4.69) is 4.99 Å². The van der Waals surface area contributed by atoms with E-state index in [1.165, 1.54) is 25.3 Å². The fraction of sp³-hybridized carbons (Fsp3) is 0.348. The van der Waals surface area contributed by atoms with Crippen LogP contribution < -0.4 is 10.1 Å². The van der Waals surface area contributed by atoms with E-state index in [0.29, 0.717) is 18.4 Å². The van der Waals surface area contributed by atoms with Crippen molar-refractivity contribution in [3.8, 4) is 5.75 Å². The van der Waals surface area contributed by atoms with Crippen molar-refractivity contribution in [2.24, 2.45) is 4.99 Å². The van der Waals surface area contributed by atoms with Crippen molar-refractivity contribution in [3.63, 3.8) is 0 Å². The van der Waals surface area contributed by atoms with Gasteiger partial charge in [0.05, 0.1) is 12.7 Å². The third-order valence-electron chi connectivity index (χ3n) is 5.81. The molecule has 0 aromatic heterocycles. The van der Waals surface area contributed by atoms with Gasteiger partial charge in [0.2, 0.25) is 0 Å². The molecule has 32 heavy (non-hydrogen) atoms. The van der Waals surface area contributed by atoms with Crippen molar-refractivity contribution in [1.29, 1.82) is 0 Å². The molecule has 9 heteroatoms. The maximum Gasteiger partial charge on any atom is 0.442 e. The first-order valence-corrected chi connectivity index (χ1v) is 10.3. The number of benzene rings is 2. The minimum absolute atomic E-state index is 0.0832. The molecule has 0 unspecified atom stereocenters. The average Bonchev–Trinajstić information content (AvgIpc) is 3.41. The monoisotopic (exact) mass is 445 g/mol. The Morgan fingerprint density at radius 3 is 2.34 bits per heavy atom. The number of hydrogen-bond donors (Lipinski definition) is 1. The molecule has 6 nitrogen and oxygen atoms in total. The number of amidine groups is 1. The summed E-state index contributed by atoms with van der Waals surface area (Å²) in [5.41, 5.74) is -3.16. The van der Waals surface area contributed by atoms with Crippen LogP contribution in [-0.4, -0.2) is 47.5 Å². The van der Waals surface area contributed by atoms with Crippen molar-refractivity contribution in [3.05, 3.63) is 65.7 Å². The first-order valence-electron chi connectivity index (χ1n) is 10.3. The van der Waals surface area contributed by atoms with Gasteiger partial charge in [-0.2, -0.15) is 13.2 Å². The van der Waals surface area contributed by atoms with Gasteiger partial charge in [-0.05, 0) is 25.0 Å². The Hall–Kier alpha value is -3.36. The second-order valence-electron chi connectivity index (χ2n) is 7.78. The summed E-state index contributed by atoms with van der Waals surface area (Å²) in [5.74, 6) is -2.38. The van der Waals surface area contributed by atoms with Gasteiger partial charge in [-0.25, -0.2) is 4.99 Å². The van der Waals surface area contributed by atoms with Gasteiger partial charge in [-0.15, -0.1) is 0 Å². The SMILES string of the molecule is COc1ccccc1C(=O)N[C@]1(C(F)(F)F)N=C(c2ccccc2)N(C2CCCC2)C1=O. The van der Waals surface area contributed by atoms with Gasteiger partial charge in [0.1, 0.15) is 11.6 Å². The molecule has 0 saturated heterocycles. The summed E-state index contributed by atoms with van der Waals surface area (Å²) in [5, 5.41) is 1.90. The molecule has 0 bridgehead atoms. The van der Waals surface area contributed by atoms with E-state index in [1.54, 1.807) is 36.4 Å². The molecular weight excluding hydrogens is 423 g/mol. The van der Waals surface area contributed by atoms with Crippen molar-refractivity contribution < 1.29 is 27.5 Å². The topological polar surface area (TPSA) is 71.0 Å². The van der Waals surface area contributed by atoms with Crippen LogP contribution in [0, 0.1) is 0 Å². The Morgan fingerprint density at radius 2 is 1.72 bits per heavy atom. The fourth-order valence-electron chi connectivity index (χ4n) is 4.22. The second kappa shape index (κ2) is 8.29. The predicted octanol–water partition coefficient (Wildman–Crippen LogP) is 3.92. The summed E-state index contributed by atoms with van der Waals surface area (Å²) in [6.45, 7) is 0. The molecule has 2 amide bonds. The number of ether oxygens (including phenoxy) is 1. The maximum absolute atomic E-state index is 14.5. The standard InChI is InChI=1S/C23H22F3N3O3/c1-32-18-14-8-7-13-17(18)20(30)28-22(23(24,25)26)21(31)29(16-11-5-6-12-16)19(27-22)15-9-3-2-4-10-15/h2-4,7-10,13-14,16H,5-6,11-12H2,1H3,(H,28,30)/t22-/m1/s1. The van der Waals surface area contributed by atoms with Crippen LogP contribution in [-0.2, 0) is 4.79 Å². The summed E-state index contributed by atoms with van der Waals surface area (Å²) in [6, 6.07) is 13.7. The van der Waals surface area contributed by atoms with E-state index < -0.39 is 29.7 Å². The van der Waals surface area contributed by atoms with Crippen LogP contribution in [0.25, 0.3) is 0 Å². The van der Waals surface area contributed by atoms with Crippen molar-refractivity contribution in [1.82, 2.24) is 10.2 Å². The summed E-state index contributed by atoms with van der Waals surface area (Å²) in [4.78, 5) is 31.3. The van der Waals surface area contributed by atoms with Crippen molar-refractivity contribution >= 4 is 17.6 Å². The molecule has 1 heterocycles. The van der Waals surface area contributed by atoms with Crippen LogP contribution >= 0.6 is 0 Å². The summed E-state index contributed by atoms with van der Waals surface area (Å²) < 4.78 is 48.5. The average molecular weight is 445 g/mol. The van der Waals surface area contributed by atoms with E-state index in [9.17, 15) is 22.8 Å². The van der Waals surface area contributed by atoms with Gasteiger partial charge in [-0.3, -0.25) is 14.5 Å². The van der Waals surface area contributed by atoms with Gasteiger partial charge in [0.15, 0.2) is 0 Å². The lowest BCUT2D eigenvalue weighted by Gasteiger charge is -2.31. The quantitative estimate of drug-likeness (QED) is 0.759. The van der Waals surface area contributed by atoms with Gasteiger partial charge in [0.25, 0.3) is 11.8 Å². The molecule has 168 valence electrons. The molecule has 4 rings (SSSR count). The zero-order valence-electron chi connectivity index (χ0n) is 17.4. The number of nitrogens with one attached hydrogen (secondary N) is 1. The van der Waals surface area contributed by atoms with Crippen molar-refractivity contribution in [2.75, 3.05) is 7.11 Å². The van der Waals surface area contributed by atoms with Gasteiger partial charge < -0.3 is 10.1 Å². The minimum atomic E-state index is -5.16. The summed E-state index contributed by atoms with van der Waals surface area (Å²) in [6.07, 6.45) is -2.39. The van der Waals surface area contributed by atoms with Crippen LogP contribution in [0.5, 0.6) is 5.75 Å². The zero-order valence-corrected chi connectivity index (χ0v) is 17.4. The number of alkyl halides is 3.